The van der Waals surface area contributed by atoms with Crippen molar-refractivity contribution in [3.63, 3.8) is 0 Å². The van der Waals surface area contributed by atoms with E-state index in [2.05, 4.69) is 22.2 Å². The Labute approximate surface area is 153 Å². The maximum atomic E-state index is 12.7. The molecule has 0 aliphatic carbocycles. The Hall–Kier alpha value is -2.14. The van der Waals surface area contributed by atoms with Gasteiger partial charge < -0.3 is 10.2 Å². The van der Waals surface area contributed by atoms with Crippen LogP contribution < -0.4 is 5.32 Å². The lowest BCUT2D eigenvalue weighted by atomic mass is 10.00. The van der Waals surface area contributed by atoms with E-state index in [1.165, 1.54) is 6.42 Å². The molecule has 132 valence electrons. The van der Waals surface area contributed by atoms with Crippen molar-refractivity contribution in [3.8, 4) is 0 Å². The summed E-state index contributed by atoms with van der Waals surface area (Å²) in [5.41, 5.74) is 1.40. The third kappa shape index (κ3) is 4.28. The van der Waals surface area contributed by atoms with Gasteiger partial charge in [-0.1, -0.05) is 36.7 Å². The van der Waals surface area contributed by atoms with E-state index in [1.54, 1.807) is 12.4 Å². The topological polar surface area (TPSA) is 58.1 Å². The number of hydrogen-bond acceptors (Lipinski definition) is 4. The van der Waals surface area contributed by atoms with Crippen LogP contribution in [0.2, 0.25) is 5.02 Å². The molecule has 1 amide bonds. The van der Waals surface area contributed by atoms with Gasteiger partial charge >= 0.3 is 0 Å². The lowest BCUT2D eigenvalue weighted by Gasteiger charge is -2.34. The molecule has 6 heteroatoms. The molecule has 1 aliphatic heterocycles. The van der Waals surface area contributed by atoms with Gasteiger partial charge in [-0.15, -0.1) is 0 Å². The molecule has 0 bridgehead atoms. The molecule has 1 fully saturated rings. The summed E-state index contributed by atoms with van der Waals surface area (Å²) in [5.74, 6) is 0.610. The highest BCUT2D eigenvalue weighted by atomic mass is 35.5. The fourth-order valence-corrected chi connectivity index (χ4v) is 3.40. The average molecular weight is 359 g/mol. The van der Waals surface area contributed by atoms with Crippen LogP contribution in [-0.4, -0.2) is 33.4 Å². The van der Waals surface area contributed by atoms with E-state index in [9.17, 15) is 4.79 Å². The molecule has 0 radical (unpaired) electrons. The van der Waals surface area contributed by atoms with Crippen molar-refractivity contribution >= 4 is 23.3 Å². The maximum absolute atomic E-state index is 12.7. The van der Waals surface area contributed by atoms with E-state index in [-0.39, 0.29) is 5.91 Å². The van der Waals surface area contributed by atoms with Gasteiger partial charge in [-0.2, -0.15) is 0 Å². The van der Waals surface area contributed by atoms with Gasteiger partial charge in [0.05, 0.1) is 12.4 Å². The first-order valence-corrected chi connectivity index (χ1v) is 9.17. The molecule has 1 unspecified atom stereocenters. The van der Waals surface area contributed by atoms with E-state index in [0.29, 0.717) is 29.1 Å². The quantitative estimate of drug-likeness (QED) is 0.872. The SMILES string of the molecule is CCC1CCCCN1C(=O)c1cnc(NCc2ccccc2Cl)cn1. The fraction of sp³-hybridized carbons (Fsp3) is 0.421. The number of benzene rings is 1. The predicted molar refractivity (Wildman–Crippen MR) is 99.8 cm³/mol. The average Bonchev–Trinajstić information content (AvgIpc) is 2.67. The Morgan fingerprint density at radius 1 is 1.28 bits per heavy atom. The molecule has 2 heterocycles. The van der Waals surface area contributed by atoms with Gasteiger partial charge in [0.2, 0.25) is 0 Å². The van der Waals surface area contributed by atoms with E-state index >= 15 is 0 Å². The Bertz CT molecular complexity index is 720. The smallest absolute Gasteiger partial charge is 0.274 e. The lowest BCUT2D eigenvalue weighted by Crippen LogP contribution is -2.43. The van der Waals surface area contributed by atoms with Crippen molar-refractivity contribution < 1.29 is 4.79 Å². The Balaban J connectivity index is 1.63. The summed E-state index contributed by atoms with van der Waals surface area (Å²) in [6, 6.07) is 7.98. The van der Waals surface area contributed by atoms with Gasteiger partial charge in [-0.3, -0.25) is 4.79 Å². The number of carbonyl (C=O) groups excluding carboxylic acids is 1. The Kier molecular flexibility index (Phi) is 5.87. The van der Waals surface area contributed by atoms with Gasteiger partial charge in [-0.25, -0.2) is 9.97 Å². The zero-order valence-electron chi connectivity index (χ0n) is 14.4. The number of carbonyl (C=O) groups is 1. The minimum Gasteiger partial charge on any atom is -0.365 e. The third-order valence-electron chi connectivity index (χ3n) is 4.65. The summed E-state index contributed by atoms with van der Waals surface area (Å²) in [6.07, 6.45) is 7.48. The Morgan fingerprint density at radius 2 is 2.12 bits per heavy atom. The van der Waals surface area contributed by atoms with Crippen LogP contribution in [0.25, 0.3) is 0 Å². The Morgan fingerprint density at radius 3 is 2.84 bits per heavy atom. The summed E-state index contributed by atoms with van der Waals surface area (Å²) in [7, 11) is 0. The van der Waals surface area contributed by atoms with E-state index in [0.717, 1.165) is 31.4 Å². The van der Waals surface area contributed by atoms with Crippen LogP contribution in [0.3, 0.4) is 0 Å². The van der Waals surface area contributed by atoms with Crippen molar-refractivity contribution in [2.45, 2.75) is 45.2 Å². The van der Waals surface area contributed by atoms with Crippen LogP contribution in [0, 0.1) is 0 Å². The minimum absolute atomic E-state index is 0.0169. The van der Waals surface area contributed by atoms with Gasteiger partial charge in [0.1, 0.15) is 11.5 Å². The summed E-state index contributed by atoms with van der Waals surface area (Å²) in [5, 5.41) is 3.90. The highest BCUT2D eigenvalue weighted by Crippen LogP contribution is 2.21. The first kappa shape index (κ1) is 17.7. The molecular weight excluding hydrogens is 336 g/mol. The molecule has 25 heavy (non-hydrogen) atoms. The standard InChI is InChI=1S/C19H23ClN4O/c1-2-15-8-5-6-10-24(15)19(25)17-12-23-18(13-21-17)22-11-14-7-3-4-9-16(14)20/h3-4,7,9,12-13,15H,2,5-6,8,10-11H2,1H3,(H,22,23). The van der Waals surface area contributed by atoms with Crippen molar-refractivity contribution in [1.82, 2.24) is 14.9 Å². The number of piperidine rings is 1. The van der Waals surface area contributed by atoms with Crippen molar-refractivity contribution in [2.24, 2.45) is 0 Å². The van der Waals surface area contributed by atoms with Crippen molar-refractivity contribution in [2.75, 3.05) is 11.9 Å². The maximum Gasteiger partial charge on any atom is 0.274 e. The number of hydrogen-bond donors (Lipinski definition) is 1. The van der Waals surface area contributed by atoms with Gasteiger partial charge in [0.25, 0.3) is 5.91 Å². The molecule has 1 N–H and O–H groups in total. The molecule has 0 saturated carbocycles. The van der Waals surface area contributed by atoms with E-state index in [1.807, 2.05) is 29.2 Å². The van der Waals surface area contributed by atoms with Crippen LogP contribution >= 0.6 is 11.6 Å². The van der Waals surface area contributed by atoms with Crippen LogP contribution in [0.4, 0.5) is 5.82 Å². The highest BCUT2D eigenvalue weighted by Gasteiger charge is 2.27. The van der Waals surface area contributed by atoms with Crippen molar-refractivity contribution in [3.05, 3.63) is 52.9 Å². The molecule has 5 nitrogen and oxygen atoms in total. The number of aromatic nitrogens is 2. The van der Waals surface area contributed by atoms with Gasteiger partial charge in [0.15, 0.2) is 0 Å². The summed E-state index contributed by atoms with van der Waals surface area (Å²) in [4.78, 5) is 23.3. The number of likely N-dealkylation sites (tertiary alicyclic amines) is 1. The lowest BCUT2D eigenvalue weighted by molar-refractivity contribution is 0.0601. The summed E-state index contributed by atoms with van der Waals surface area (Å²) < 4.78 is 0. The van der Waals surface area contributed by atoms with Gasteiger partial charge in [-0.05, 0) is 37.3 Å². The number of rotatable bonds is 5. The van der Waals surface area contributed by atoms with E-state index < -0.39 is 0 Å². The molecule has 1 saturated heterocycles. The minimum atomic E-state index is -0.0169. The number of nitrogens with zero attached hydrogens (tertiary/aromatic N) is 3. The van der Waals surface area contributed by atoms with E-state index in [4.69, 9.17) is 11.6 Å². The predicted octanol–water partition coefficient (Wildman–Crippen LogP) is 4.15. The summed E-state index contributed by atoms with van der Waals surface area (Å²) in [6.45, 7) is 3.50. The zero-order valence-corrected chi connectivity index (χ0v) is 15.2. The molecular formula is C19H23ClN4O. The van der Waals surface area contributed by atoms with Gasteiger partial charge in [0, 0.05) is 24.2 Å². The molecule has 1 aromatic carbocycles. The summed E-state index contributed by atoms with van der Waals surface area (Å²) >= 11 is 6.14. The monoisotopic (exact) mass is 358 g/mol. The molecule has 0 spiro atoms. The van der Waals surface area contributed by atoms with Crippen LogP contribution in [0.15, 0.2) is 36.7 Å². The van der Waals surface area contributed by atoms with Crippen LogP contribution in [0.1, 0.15) is 48.7 Å². The second-order valence-corrected chi connectivity index (χ2v) is 6.70. The normalized spacial score (nSPS) is 17.4. The molecule has 1 atom stereocenters. The van der Waals surface area contributed by atoms with Crippen LogP contribution in [0.5, 0.6) is 0 Å². The van der Waals surface area contributed by atoms with Crippen LogP contribution in [-0.2, 0) is 6.54 Å². The number of nitrogens with one attached hydrogen (secondary N) is 1. The second kappa shape index (κ2) is 8.30. The third-order valence-corrected chi connectivity index (χ3v) is 5.02. The number of amides is 1. The zero-order chi connectivity index (χ0) is 17.6. The highest BCUT2D eigenvalue weighted by molar-refractivity contribution is 6.31. The molecule has 3 rings (SSSR count). The number of anilines is 1. The number of halogens is 1. The second-order valence-electron chi connectivity index (χ2n) is 6.29. The largest absolute Gasteiger partial charge is 0.365 e. The first-order valence-electron chi connectivity index (χ1n) is 8.79. The first-order chi connectivity index (χ1) is 12.2. The molecule has 1 aliphatic rings. The van der Waals surface area contributed by atoms with Crippen molar-refractivity contribution in [1.29, 1.82) is 0 Å². The molecule has 1 aromatic heterocycles. The molecule has 2 aromatic rings. The fourth-order valence-electron chi connectivity index (χ4n) is 3.20.